The Bertz CT molecular complexity index is 219. The van der Waals surface area contributed by atoms with E-state index < -0.39 is 0 Å². The monoisotopic (exact) mass is 196 g/mol. The molecular formula is C12H24N2. The lowest BCUT2D eigenvalue weighted by Crippen LogP contribution is -2.67. The Kier molecular flexibility index (Phi) is 2.39. The van der Waals surface area contributed by atoms with Gasteiger partial charge < -0.3 is 0 Å². The van der Waals surface area contributed by atoms with E-state index in [1.807, 2.05) is 0 Å². The molecule has 0 aromatic carbocycles. The molecule has 1 spiro atoms. The van der Waals surface area contributed by atoms with E-state index in [1.165, 1.54) is 38.9 Å². The second kappa shape index (κ2) is 3.21. The molecular weight excluding hydrogens is 172 g/mol. The summed E-state index contributed by atoms with van der Waals surface area (Å²) in [4.78, 5) is 5.22. The molecule has 2 fully saturated rings. The molecule has 2 heteroatoms. The number of piperidine rings is 1. The molecule has 2 heterocycles. The summed E-state index contributed by atoms with van der Waals surface area (Å²) in [5.41, 5.74) is 0.898. The summed E-state index contributed by atoms with van der Waals surface area (Å²) in [5.74, 6) is 0. The van der Waals surface area contributed by atoms with Crippen molar-refractivity contribution in [2.45, 2.75) is 51.1 Å². The summed E-state index contributed by atoms with van der Waals surface area (Å²) in [5, 5.41) is 0. The maximum absolute atomic E-state index is 2.66. The van der Waals surface area contributed by atoms with Gasteiger partial charge in [-0.3, -0.25) is 9.80 Å². The maximum Gasteiger partial charge on any atom is 0.0346 e. The van der Waals surface area contributed by atoms with Crippen molar-refractivity contribution < 1.29 is 0 Å². The molecule has 2 aliphatic heterocycles. The summed E-state index contributed by atoms with van der Waals surface area (Å²) in [6, 6.07) is 0. The Morgan fingerprint density at radius 2 is 1.79 bits per heavy atom. The van der Waals surface area contributed by atoms with Crippen molar-refractivity contribution in [3.05, 3.63) is 0 Å². The van der Waals surface area contributed by atoms with Gasteiger partial charge in [0, 0.05) is 24.2 Å². The highest BCUT2D eigenvalue weighted by Crippen LogP contribution is 2.38. The Morgan fingerprint density at radius 1 is 1.07 bits per heavy atom. The average Bonchev–Trinajstić information content (AvgIpc) is 2.14. The molecule has 0 N–H and O–H groups in total. The quantitative estimate of drug-likeness (QED) is 0.584. The van der Waals surface area contributed by atoms with Crippen molar-refractivity contribution in [1.29, 1.82) is 0 Å². The maximum atomic E-state index is 2.66. The lowest BCUT2D eigenvalue weighted by molar-refractivity contribution is -0.0696. The summed E-state index contributed by atoms with van der Waals surface area (Å²) in [6.45, 7) is 10.9. The highest BCUT2D eigenvalue weighted by atomic mass is 15.3. The van der Waals surface area contributed by atoms with Crippen LogP contribution in [0.15, 0.2) is 0 Å². The van der Waals surface area contributed by atoms with Gasteiger partial charge in [0.2, 0.25) is 0 Å². The van der Waals surface area contributed by atoms with Gasteiger partial charge in [0.1, 0.15) is 0 Å². The zero-order chi connectivity index (χ0) is 10.4. The fraction of sp³-hybridized carbons (Fsp3) is 1.00. The Morgan fingerprint density at radius 3 is 2.21 bits per heavy atom. The molecule has 1 atom stereocenters. The molecule has 0 aromatic heterocycles. The topological polar surface area (TPSA) is 6.48 Å². The van der Waals surface area contributed by atoms with E-state index in [9.17, 15) is 0 Å². The Labute approximate surface area is 88.3 Å². The Balaban J connectivity index is 2.04. The highest BCUT2D eigenvalue weighted by molar-refractivity contribution is 5.04. The zero-order valence-electron chi connectivity index (χ0n) is 10.1. The second-order valence-corrected chi connectivity index (χ2v) is 6.09. The predicted octanol–water partition coefficient (Wildman–Crippen LogP) is 1.95. The first-order valence-electron chi connectivity index (χ1n) is 5.90. The molecule has 14 heavy (non-hydrogen) atoms. The first-order chi connectivity index (χ1) is 6.44. The predicted molar refractivity (Wildman–Crippen MR) is 60.5 cm³/mol. The van der Waals surface area contributed by atoms with Crippen LogP contribution in [0.3, 0.4) is 0 Å². The standard InChI is InChI=1S/C12H24N2/c1-11(2,3)14-8-5-6-12(10-14)7-9-13(12)4/h5-10H2,1-4H3. The van der Waals surface area contributed by atoms with Crippen LogP contribution in [0.2, 0.25) is 0 Å². The van der Waals surface area contributed by atoms with Crippen LogP contribution >= 0.6 is 0 Å². The minimum Gasteiger partial charge on any atom is -0.299 e. The normalized spacial score (nSPS) is 36.0. The third-order valence-corrected chi connectivity index (χ3v) is 4.23. The number of hydrogen-bond donors (Lipinski definition) is 0. The van der Waals surface area contributed by atoms with Crippen molar-refractivity contribution >= 4 is 0 Å². The van der Waals surface area contributed by atoms with Crippen molar-refractivity contribution in [2.75, 3.05) is 26.7 Å². The average molecular weight is 196 g/mol. The Hall–Kier alpha value is -0.0800. The molecule has 0 bridgehead atoms. The van der Waals surface area contributed by atoms with E-state index in [4.69, 9.17) is 0 Å². The van der Waals surface area contributed by atoms with Crippen LogP contribution < -0.4 is 0 Å². The minimum atomic E-state index is 0.351. The van der Waals surface area contributed by atoms with Gasteiger partial charge in [0.25, 0.3) is 0 Å². The van der Waals surface area contributed by atoms with E-state index in [1.54, 1.807) is 0 Å². The van der Waals surface area contributed by atoms with E-state index in [-0.39, 0.29) is 0 Å². The summed E-state index contributed by atoms with van der Waals surface area (Å²) in [7, 11) is 2.29. The lowest BCUT2D eigenvalue weighted by Gasteiger charge is -2.58. The molecule has 2 saturated heterocycles. The van der Waals surface area contributed by atoms with E-state index in [2.05, 4.69) is 37.6 Å². The summed E-state index contributed by atoms with van der Waals surface area (Å²) >= 11 is 0. The van der Waals surface area contributed by atoms with Crippen molar-refractivity contribution in [2.24, 2.45) is 0 Å². The molecule has 2 rings (SSSR count). The molecule has 0 aliphatic carbocycles. The van der Waals surface area contributed by atoms with Gasteiger partial charge in [-0.2, -0.15) is 0 Å². The van der Waals surface area contributed by atoms with Gasteiger partial charge in [-0.15, -0.1) is 0 Å². The fourth-order valence-corrected chi connectivity index (χ4v) is 2.85. The molecule has 1 unspecified atom stereocenters. The second-order valence-electron chi connectivity index (χ2n) is 6.09. The highest BCUT2D eigenvalue weighted by Gasteiger charge is 2.46. The number of hydrogen-bond acceptors (Lipinski definition) is 2. The summed E-state index contributed by atoms with van der Waals surface area (Å²) in [6.07, 6.45) is 4.20. The van der Waals surface area contributed by atoms with Crippen LogP contribution in [-0.2, 0) is 0 Å². The van der Waals surface area contributed by atoms with E-state index >= 15 is 0 Å². The van der Waals surface area contributed by atoms with Gasteiger partial charge in [-0.05, 0) is 53.6 Å². The first-order valence-corrected chi connectivity index (χ1v) is 5.90. The number of likely N-dealkylation sites (tertiary alicyclic amines) is 2. The first kappa shape index (κ1) is 10.4. The third-order valence-electron chi connectivity index (χ3n) is 4.23. The van der Waals surface area contributed by atoms with Gasteiger partial charge in [0.05, 0.1) is 0 Å². The lowest BCUT2D eigenvalue weighted by atomic mass is 9.77. The van der Waals surface area contributed by atoms with Gasteiger partial charge in [-0.1, -0.05) is 0 Å². The summed E-state index contributed by atoms with van der Waals surface area (Å²) < 4.78 is 0. The molecule has 82 valence electrons. The van der Waals surface area contributed by atoms with Crippen LogP contribution in [0, 0.1) is 0 Å². The largest absolute Gasteiger partial charge is 0.299 e. The molecule has 0 saturated carbocycles. The van der Waals surface area contributed by atoms with Crippen molar-refractivity contribution in [1.82, 2.24) is 9.80 Å². The molecule has 2 nitrogen and oxygen atoms in total. The van der Waals surface area contributed by atoms with Crippen LogP contribution in [0.1, 0.15) is 40.0 Å². The smallest absolute Gasteiger partial charge is 0.0346 e. The fourth-order valence-electron chi connectivity index (χ4n) is 2.85. The molecule has 0 aromatic rings. The molecule has 0 amide bonds. The van der Waals surface area contributed by atoms with Crippen LogP contribution in [0.25, 0.3) is 0 Å². The van der Waals surface area contributed by atoms with Crippen LogP contribution in [-0.4, -0.2) is 47.6 Å². The van der Waals surface area contributed by atoms with E-state index in [0.29, 0.717) is 11.1 Å². The third kappa shape index (κ3) is 1.59. The number of nitrogens with zero attached hydrogens (tertiary/aromatic N) is 2. The van der Waals surface area contributed by atoms with E-state index in [0.717, 1.165) is 0 Å². The van der Waals surface area contributed by atoms with Crippen LogP contribution in [0.5, 0.6) is 0 Å². The minimum absolute atomic E-state index is 0.351. The number of rotatable bonds is 0. The SMILES string of the molecule is CN1CCC12CCCN(C(C)(C)C)C2. The zero-order valence-corrected chi connectivity index (χ0v) is 10.1. The molecule has 0 radical (unpaired) electrons. The van der Waals surface area contributed by atoms with Crippen molar-refractivity contribution in [3.8, 4) is 0 Å². The number of likely N-dealkylation sites (N-methyl/N-ethyl adjacent to an activating group) is 1. The molecule has 2 aliphatic rings. The van der Waals surface area contributed by atoms with Crippen LogP contribution in [0.4, 0.5) is 0 Å². The van der Waals surface area contributed by atoms with Gasteiger partial charge >= 0.3 is 0 Å². The van der Waals surface area contributed by atoms with Crippen molar-refractivity contribution in [3.63, 3.8) is 0 Å². The van der Waals surface area contributed by atoms with Gasteiger partial charge in [-0.25, -0.2) is 0 Å². The van der Waals surface area contributed by atoms with Gasteiger partial charge in [0.15, 0.2) is 0 Å².